The maximum absolute atomic E-state index is 6.26. The minimum atomic E-state index is 0.0777. The normalized spacial score (nSPS) is 17.2. The number of alkyl halides is 1. The van der Waals surface area contributed by atoms with Gasteiger partial charge in [-0.15, -0.1) is 0 Å². The van der Waals surface area contributed by atoms with Crippen molar-refractivity contribution in [3.8, 4) is 5.75 Å². The Morgan fingerprint density at radius 1 is 1.05 bits per heavy atom. The first-order valence-electron chi connectivity index (χ1n) is 7.01. The third-order valence-electron chi connectivity index (χ3n) is 4.09. The lowest BCUT2D eigenvalue weighted by Crippen LogP contribution is -1.98. The molecule has 2 nitrogen and oxygen atoms in total. The van der Waals surface area contributed by atoms with Crippen LogP contribution in [0.15, 0.2) is 30.3 Å². The van der Waals surface area contributed by atoms with Crippen LogP contribution in [-0.2, 0) is 24.4 Å². The van der Waals surface area contributed by atoms with Crippen molar-refractivity contribution in [1.29, 1.82) is 0 Å². The van der Waals surface area contributed by atoms with Crippen molar-refractivity contribution in [3.05, 3.63) is 63.2 Å². The van der Waals surface area contributed by atoms with Crippen LogP contribution in [0.5, 0.6) is 5.75 Å². The first kappa shape index (κ1) is 13.6. The molecule has 0 saturated heterocycles. The first-order valence-corrected chi connectivity index (χ1v) is 8.30. The van der Waals surface area contributed by atoms with Gasteiger partial charge in [0.1, 0.15) is 5.75 Å². The van der Waals surface area contributed by atoms with Crippen LogP contribution < -0.4 is 4.74 Å². The van der Waals surface area contributed by atoms with Crippen LogP contribution in [0.3, 0.4) is 0 Å². The summed E-state index contributed by atoms with van der Waals surface area (Å²) < 4.78 is 11.3. The smallest absolute Gasteiger partial charge is 0.127 e. The molecule has 0 aliphatic carbocycles. The molecule has 2 heterocycles. The lowest BCUT2D eigenvalue weighted by atomic mass is 9.98. The Bertz CT molecular complexity index is 714. The number of fused-ring (bicyclic) bond motifs is 2. The Balaban J connectivity index is 1.77. The molecule has 2 aliphatic rings. The van der Waals surface area contributed by atoms with Gasteiger partial charge in [-0.25, -0.2) is 0 Å². The van der Waals surface area contributed by atoms with Crippen LogP contribution in [0.4, 0.5) is 0 Å². The quantitative estimate of drug-likeness (QED) is 0.712. The molecule has 0 radical (unpaired) electrons. The van der Waals surface area contributed by atoms with E-state index in [9.17, 15) is 0 Å². The van der Waals surface area contributed by atoms with Gasteiger partial charge in [0.05, 0.1) is 24.6 Å². The van der Waals surface area contributed by atoms with Gasteiger partial charge in [-0.3, -0.25) is 0 Å². The number of ether oxygens (including phenoxy) is 2. The molecular formula is C17H14BrClO2. The zero-order valence-electron chi connectivity index (χ0n) is 11.4. The average molecular weight is 366 g/mol. The van der Waals surface area contributed by atoms with Crippen molar-refractivity contribution in [3.63, 3.8) is 0 Å². The number of halogens is 2. The topological polar surface area (TPSA) is 18.5 Å². The number of benzene rings is 2. The van der Waals surface area contributed by atoms with Gasteiger partial charge in [-0.1, -0.05) is 45.7 Å². The van der Waals surface area contributed by atoms with Gasteiger partial charge in [0, 0.05) is 17.0 Å². The summed E-state index contributed by atoms with van der Waals surface area (Å²) in [7, 11) is 0. The summed E-state index contributed by atoms with van der Waals surface area (Å²) in [6, 6.07) is 10.5. The Labute approximate surface area is 137 Å². The third kappa shape index (κ3) is 2.37. The van der Waals surface area contributed by atoms with Crippen molar-refractivity contribution in [2.75, 3.05) is 6.61 Å². The molecule has 2 aromatic rings. The van der Waals surface area contributed by atoms with Crippen molar-refractivity contribution in [2.45, 2.75) is 24.5 Å². The predicted molar refractivity (Wildman–Crippen MR) is 86.4 cm³/mol. The van der Waals surface area contributed by atoms with E-state index in [0.29, 0.717) is 6.61 Å². The van der Waals surface area contributed by atoms with Crippen molar-refractivity contribution < 1.29 is 9.47 Å². The number of rotatable bonds is 2. The lowest BCUT2D eigenvalue weighted by Gasteiger charge is -2.16. The van der Waals surface area contributed by atoms with E-state index in [2.05, 4.69) is 34.1 Å². The molecule has 1 unspecified atom stereocenters. The molecule has 0 spiro atoms. The molecule has 2 aromatic carbocycles. The van der Waals surface area contributed by atoms with Crippen LogP contribution in [-0.4, -0.2) is 6.61 Å². The molecule has 0 bridgehead atoms. The molecule has 2 aliphatic heterocycles. The van der Waals surface area contributed by atoms with E-state index in [4.69, 9.17) is 21.1 Å². The lowest BCUT2D eigenvalue weighted by molar-refractivity contribution is 0.134. The highest BCUT2D eigenvalue weighted by molar-refractivity contribution is 9.09. The zero-order valence-corrected chi connectivity index (χ0v) is 13.7. The Hall–Kier alpha value is -1.03. The van der Waals surface area contributed by atoms with Crippen LogP contribution in [0, 0.1) is 0 Å². The molecule has 0 aromatic heterocycles. The maximum atomic E-state index is 6.26. The standard InChI is InChI=1S/C17H14BrClO2/c18-16(10-1-2-12-8-20-9-13(12)5-10)15-7-14(19)6-11-3-4-21-17(11)15/h1-2,5-7,16H,3-4,8-9H2. The van der Waals surface area contributed by atoms with E-state index >= 15 is 0 Å². The third-order valence-corrected chi connectivity index (χ3v) is 5.33. The van der Waals surface area contributed by atoms with Gasteiger partial charge < -0.3 is 9.47 Å². The molecule has 4 heteroatoms. The second kappa shape index (κ2) is 5.31. The minimum Gasteiger partial charge on any atom is -0.493 e. The van der Waals surface area contributed by atoms with Crippen LogP contribution in [0.2, 0.25) is 5.02 Å². The average Bonchev–Trinajstić information content (AvgIpc) is 3.12. The highest BCUT2D eigenvalue weighted by Crippen LogP contribution is 2.43. The fourth-order valence-corrected chi connectivity index (χ4v) is 3.89. The van der Waals surface area contributed by atoms with E-state index in [0.717, 1.165) is 36.0 Å². The fourth-order valence-electron chi connectivity index (χ4n) is 3.02. The fraction of sp³-hybridized carbons (Fsp3) is 0.294. The highest BCUT2D eigenvalue weighted by atomic mass is 79.9. The number of hydrogen-bond acceptors (Lipinski definition) is 2. The van der Waals surface area contributed by atoms with Crippen LogP contribution >= 0.6 is 27.5 Å². The molecule has 1 atom stereocenters. The van der Waals surface area contributed by atoms with E-state index < -0.39 is 0 Å². The summed E-state index contributed by atoms with van der Waals surface area (Å²) in [5, 5.41) is 0.767. The highest BCUT2D eigenvalue weighted by Gasteiger charge is 2.24. The predicted octanol–water partition coefficient (Wildman–Crippen LogP) is 4.79. The first-order chi connectivity index (χ1) is 10.2. The monoisotopic (exact) mass is 364 g/mol. The van der Waals surface area contributed by atoms with Crippen LogP contribution in [0.1, 0.15) is 32.6 Å². The van der Waals surface area contributed by atoms with Gasteiger partial charge in [0.15, 0.2) is 0 Å². The van der Waals surface area contributed by atoms with E-state index in [1.807, 2.05) is 12.1 Å². The van der Waals surface area contributed by atoms with Crippen molar-refractivity contribution in [2.24, 2.45) is 0 Å². The van der Waals surface area contributed by atoms with Crippen LogP contribution in [0.25, 0.3) is 0 Å². The van der Waals surface area contributed by atoms with E-state index in [1.165, 1.54) is 22.3 Å². The molecule has 108 valence electrons. The molecule has 0 N–H and O–H groups in total. The van der Waals surface area contributed by atoms with Gasteiger partial charge in [-0.2, -0.15) is 0 Å². The Kier molecular flexibility index (Phi) is 3.44. The second-order valence-corrected chi connectivity index (χ2v) is 6.82. The maximum Gasteiger partial charge on any atom is 0.127 e. The minimum absolute atomic E-state index is 0.0777. The van der Waals surface area contributed by atoms with E-state index in [-0.39, 0.29) is 4.83 Å². The Morgan fingerprint density at radius 2 is 1.90 bits per heavy atom. The zero-order chi connectivity index (χ0) is 14.4. The summed E-state index contributed by atoms with van der Waals surface area (Å²) >= 11 is 10.1. The van der Waals surface area contributed by atoms with Gasteiger partial charge in [-0.05, 0) is 34.4 Å². The van der Waals surface area contributed by atoms with E-state index in [1.54, 1.807) is 0 Å². The SMILES string of the molecule is Clc1cc2c(c(C(Br)c3ccc4c(c3)COC4)c1)OCC2. The summed E-state index contributed by atoms with van der Waals surface area (Å²) in [6.45, 7) is 2.16. The summed E-state index contributed by atoms with van der Waals surface area (Å²) in [5.41, 5.74) is 6.07. The molecule has 0 amide bonds. The molecular weight excluding hydrogens is 352 g/mol. The van der Waals surface area contributed by atoms with Gasteiger partial charge in [0.2, 0.25) is 0 Å². The molecule has 21 heavy (non-hydrogen) atoms. The summed E-state index contributed by atoms with van der Waals surface area (Å²) in [5.74, 6) is 0.984. The largest absolute Gasteiger partial charge is 0.493 e. The second-order valence-electron chi connectivity index (χ2n) is 5.47. The van der Waals surface area contributed by atoms with Gasteiger partial charge >= 0.3 is 0 Å². The summed E-state index contributed by atoms with van der Waals surface area (Å²) in [6.07, 6.45) is 0.931. The molecule has 4 rings (SSSR count). The van der Waals surface area contributed by atoms with Gasteiger partial charge in [0.25, 0.3) is 0 Å². The molecule has 0 saturated carbocycles. The van der Waals surface area contributed by atoms with Crippen molar-refractivity contribution >= 4 is 27.5 Å². The summed E-state index contributed by atoms with van der Waals surface area (Å²) in [4.78, 5) is 0.0777. The Morgan fingerprint density at radius 3 is 2.81 bits per heavy atom. The number of hydrogen-bond donors (Lipinski definition) is 0. The molecule has 0 fully saturated rings. The van der Waals surface area contributed by atoms with Crippen molar-refractivity contribution in [1.82, 2.24) is 0 Å².